The molecule has 3 rings (SSSR count). The Bertz CT molecular complexity index is 524. The maximum Gasteiger partial charge on any atom is 0.280 e. The highest BCUT2D eigenvalue weighted by Crippen LogP contribution is 2.30. The summed E-state index contributed by atoms with van der Waals surface area (Å²) in [6.45, 7) is 2.12. The number of aromatic nitrogens is 1. The molecule has 0 aromatic carbocycles. The van der Waals surface area contributed by atoms with Gasteiger partial charge in [-0.1, -0.05) is 0 Å². The SMILES string of the molecule is CC1OCCC1(O)CN1C(=O)c2cccnc2C1=O. The Hall–Kier alpha value is -1.79. The summed E-state index contributed by atoms with van der Waals surface area (Å²) in [5, 5.41) is 10.4. The van der Waals surface area contributed by atoms with Crippen LogP contribution in [0.15, 0.2) is 18.3 Å². The molecule has 2 atom stereocenters. The van der Waals surface area contributed by atoms with Gasteiger partial charge in [0.15, 0.2) is 0 Å². The zero-order valence-corrected chi connectivity index (χ0v) is 10.5. The van der Waals surface area contributed by atoms with Gasteiger partial charge < -0.3 is 9.84 Å². The van der Waals surface area contributed by atoms with E-state index < -0.39 is 23.5 Å². The molecule has 1 aromatic heterocycles. The van der Waals surface area contributed by atoms with Crippen LogP contribution in [0.3, 0.4) is 0 Å². The van der Waals surface area contributed by atoms with E-state index in [-0.39, 0.29) is 12.2 Å². The first-order valence-corrected chi connectivity index (χ1v) is 6.18. The third-order valence-corrected chi connectivity index (χ3v) is 3.82. The van der Waals surface area contributed by atoms with Gasteiger partial charge in [-0.05, 0) is 19.1 Å². The highest BCUT2D eigenvalue weighted by molar-refractivity contribution is 6.20. The van der Waals surface area contributed by atoms with Crippen LogP contribution in [0.25, 0.3) is 0 Å². The number of β-amino-alcohol motifs (C(OH)–C–C–N with tert-alkyl or cyclic N) is 1. The van der Waals surface area contributed by atoms with Crippen molar-refractivity contribution in [2.45, 2.75) is 25.0 Å². The summed E-state index contributed by atoms with van der Waals surface area (Å²) in [5.41, 5.74) is -0.724. The molecule has 2 unspecified atom stereocenters. The Morgan fingerprint density at radius 2 is 2.32 bits per heavy atom. The van der Waals surface area contributed by atoms with Gasteiger partial charge in [0.1, 0.15) is 11.3 Å². The minimum atomic E-state index is -1.17. The molecule has 6 heteroatoms. The number of rotatable bonds is 2. The van der Waals surface area contributed by atoms with Gasteiger partial charge in [-0.15, -0.1) is 0 Å². The number of aliphatic hydroxyl groups is 1. The molecular weight excluding hydrogens is 248 g/mol. The molecule has 100 valence electrons. The number of fused-ring (bicyclic) bond motifs is 1. The van der Waals surface area contributed by atoms with E-state index in [4.69, 9.17) is 4.74 Å². The first-order valence-electron chi connectivity index (χ1n) is 6.18. The zero-order chi connectivity index (χ0) is 13.6. The largest absolute Gasteiger partial charge is 0.385 e. The van der Waals surface area contributed by atoms with Gasteiger partial charge in [0.2, 0.25) is 0 Å². The average Bonchev–Trinajstić information content (AvgIpc) is 2.85. The van der Waals surface area contributed by atoms with Crippen LogP contribution in [-0.2, 0) is 4.74 Å². The molecule has 1 saturated heterocycles. The van der Waals surface area contributed by atoms with E-state index in [9.17, 15) is 14.7 Å². The van der Waals surface area contributed by atoms with Crippen molar-refractivity contribution in [1.29, 1.82) is 0 Å². The second-order valence-corrected chi connectivity index (χ2v) is 4.96. The molecule has 1 fully saturated rings. The quantitative estimate of drug-likeness (QED) is 0.771. The van der Waals surface area contributed by atoms with Crippen LogP contribution in [0.4, 0.5) is 0 Å². The monoisotopic (exact) mass is 262 g/mol. The van der Waals surface area contributed by atoms with Crippen molar-refractivity contribution in [2.75, 3.05) is 13.2 Å². The summed E-state index contributed by atoms with van der Waals surface area (Å²) in [4.78, 5) is 29.3. The number of ether oxygens (including phenoxy) is 1. The molecule has 0 spiro atoms. The standard InChI is InChI=1S/C13H14N2O4/c1-8-13(18,4-6-19-8)7-15-11(16)9-3-2-5-14-10(9)12(15)17/h2-3,5,8,18H,4,6-7H2,1H3. The second kappa shape index (κ2) is 4.11. The molecule has 0 aliphatic carbocycles. The number of amides is 2. The lowest BCUT2D eigenvalue weighted by molar-refractivity contribution is -0.0406. The Kier molecular flexibility index (Phi) is 2.65. The summed E-state index contributed by atoms with van der Waals surface area (Å²) in [6.07, 6.45) is 1.49. The lowest BCUT2D eigenvalue weighted by Crippen LogP contribution is -2.49. The second-order valence-electron chi connectivity index (χ2n) is 4.96. The molecule has 2 aliphatic heterocycles. The predicted molar refractivity (Wildman–Crippen MR) is 64.6 cm³/mol. The van der Waals surface area contributed by atoms with Crippen molar-refractivity contribution in [2.24, 2.45) is 0 Å². The van der Waals surface area contributed by atoms with E-state index in [1.165, 1.54) is 6.20 Å². The average molecular weight is 262 g/mol. The molecule has 3 heterocycles. The van der Waals surface area contributed by atoms with Gasteiger partial charge in [0, 0.05) is 19.2 Å². The molecule has 1 N–H and O–H groups in total. The van der Waals surface area contributed by atoms with E-state index in [0.717, 1.165) is 4.90 Å². The van der Waals surface area contributed by atoms with Gasteiger partial charge in [-0.2, -0.15) is 0 Å². The molecule has 1 aromatic rings. The first kappa shape index (κ1) is 12.3. The van der Waals surface area contributed by atoms with Crippen LogP contribution in [0.1, 0.15) is 34.2 Å². The summed E-state index contributed by atoms with van der Waals surface area (Å²) < 4.78 is 5.31. The summed E-state index contributed by atoms with van der Waals surface area (Å²) in [7, 11) is 0. The van der Waals surface area contributed by atoms with Crippen molar-refractivity contribution in [3.63, 3.8) is 0 Å². The molecule has 0 bridgehead atoms. The summed E-state index contributed by atoms with van der Waals surface area (Å²) >= 11 is 0. The van der Waals surface area contributed by atoms with Crippen LogP contribution in [0.5, 0.6) is 0 Å². The minimum absolute atomic E-state index is 0.0534. The number of carbonyl (C=O) groups is 2. The maximum atomic E-state index is 12.2. The molecule has 2 amide bonds. The normalized spacial score (nSPS) is 30.0. The van der Waals surface area contributed by atoms with Gasteiger partial charge in [-0.3, -0.25) is 19.5 Å². The highest BCUT2D eigenvalue weighted by atomic mass is 16.5. The van der Waals surface area contributed by atoms with Crippen LogP contribution in [0, 0.1) is 0 Å². The van der Waals surface area contributed by atoms with Crippen LogP contribution in [0.2, 0.25) is 0 Å². The number of imide groups is 1. The third-order valence-electron chi connectivity index (χ3n) is 3.82. The number of hydrogen-bond acceptors (Lipinski definition) is 5. The van der Waals surface area contributed by atoms with Crippen LogP contribution in [-0.4, -0.2) is 51.7 Å². The Labute approximate surface area is 110 Å². The van der Waals surface area contributed by atoms with Crippen molar-refractivity contribution >= 4 is 11.8 Å². The molecule has 6 nitrogen and oxygen atoms in total. The lowest BCUT2D eigenvalue weighted by atomic mass is 9.96. The Morgan fingerprint density at radius 1 is 1.53 bits per heavy atom. The van der Waals surface area contributed by atoms with Gasteiger partial charge >= 0.3 is 0 Å². The topological polar surface area (TPSA) is 79.7 Å². The first-order chi connectivity index (χ1) is 9.03. The number of pyridine rings is 1. The van der Waals surface area contributed by atoms with Crippen molar-refractivity contribution in [3.8, 4) is 0 Å². The number of hydrogen-bond donors (Lipinski definition) is 1. The number of nitrogens with zero attached hydrogens (tertiary/aromatic N) is 2. The predicted octanol–water partition coefficient (Wildman–Crippen LogP) is 0.217. The number of carbonyl (C=O) groups excluding carboxylic acids is 2. The summed E-state index contributed by atoms with van der Waals surface area (Å²) in [6, 6.07) is 3.19. The maximum absolute atomic E-state index is 12.2. The van der Waals surface area contributed by atoms with E-state index in [2.05, 4.69) is 4.98 Å². The van der Waals surface area contributed by atoms with Gasteiger partial charge in [-0.25, -0.2) is 0 Å². The van der Waals surface area contributed by atoms with Gasteiger partial charge in [0.05, 0.1) is 18.2 Å². The Balaban J connectivity index is 1.89. The molecular formula is C13H14N2O4. The van der Waals surface area contributed by atoms with Crippen molar-refractivity contribution in [3.05, 3.63) is 29.6 Å². The molecule has 19 heavy (non-hydrogen) atoms. The molecule has 0 radical (unpaired) electrons. The fourth-order valence-corrected chi connectivity index (χ4v) is 2.51. The van der Waals surface area contributed by atoms with Crippen molar-refractivity contribution < 1.29 is 19.4 Å². The van der Waals surface area contributed by atoms with E-state index >= 15 is 0 Å². The van der Waals surface area contributed by atoms with Gasteiger partial charge in [0.25, 0.3) is 11.8 Å². The van der Waals surface area contributed by atoms with Crippen molar-refractivity contribution in [1.82, 2.24) is 9.88 Å². The fourth-order valence-electron chi connectivity index (χ4n) is 2.51. The highest BCUT2D eigenvalue weighted by Gasteiger charge is 2.46. The van der Waals surface area contributed by atoms with E-state index in [1.54, 1.807) is 19.1 Å². The lowest BCUT2D eigenvalue weighted by Gasteiger charge is -2.29. The molecule has 2 aliphatic rings. The third kappa shape index (κ3) is 1.75. The zero-order valence-electron chi connectivity index (χ0n) is 10.5. The fraction of sp³-hybridized carbons (Fsp3) is 0.462. The molecule has 0 saturated carbocycles. The smallest absolute Gasteiger partial charge is 0.280 e. The Morgan fingerprint density at radius 3 is 2.95 bits per heavy atom. The minimum Gasteiger partial charge on any atom is -0.385 e. The summed E-state index contributed by atoms with van der Waals surface area (Å²) in [5.74, 6) is -0.853. The van der Waals surface area contributed by atoms with Crippen LogP contribution >= 0.6 is 0 Å². The van der Waals surface area contributed by atoms with E-state index in [1.807, 2.05) is 0 Å². The van der Waals surface area contributed by atoms with Crippen LogP contribution < -0.4 is 0 Å². The van der Waals surface area contributed by atoms with E-state index in [0.29, 0.717) is 18.6 Å².